The Labute approximate surface area is 153 Å². The van der Waals surface area contributed by atoms with Crippen molar-refractivity contribution >= 4 is 22.7 Å². The topological polar surface area (TPSA) is 156 Å². The lowest BCUT2D eigenvalue weighted by Gasteiger charge is -2.16. The molecule has 0 aromatic carbocycles. The van der Waals surface area contributed by atoms with Crippen LogP contribution in [0.15, 0.2) is 12.4 Å². The molecule has 0 amide bonds. The van der Waals surface area contributed by atoms with Crippen molar-refractivity contribution in [3.8, 4) is 0 Å². The first kappa shape index (κ1) is 18.0. The molecule has 2 aliphatic rings. The summed E-state index contributed by atoms with van der Waals surface area (Å²) >= 11 is 0. The molecule has 0 spiro atoms. The van der Waals surface area contributed by atoms with Crippen LogP contribution in [0.25, 0.3) is 11.2 Å². The van der Waals surface area contributed by atoms with Crippen molar-refractivity contribution in [2.24, 2.45) is 0 Å². The van der Waals surface area contributed by atoms with E-state index < -0.39 is 36.1 Å². The normalized spacial score (nSPS) is 28.9. The van der Waals surface area contributed by atoms with Crippen molar-refractivity contribution in [3.63, 3.8) is 0 Å². The van der Waals surface area contributed by atoms with Crippen molar-refractivity contribution in [1.29, 1.82) is 0 Å². The zero-order chi connectivity index (χ0) is 19.1. The quantitative estimate of drug-likeness (QED) is 0.424. The van der Waals surface area contributed by atoms with Crippen molar-refractivity contribution in [2.45, 2.75) is 56.3 Å². The summed E-state index contributed by atoms with van der Waals surface area (Å²) in [5.74, 6) is -0.350. The van der Waals surface area contributed by atoms with E-state index in [1.807, 2.05) is 0 Å². The van der Waals surface area contributed by atoms with E-state index in [9.17, 15) is 25.4 Å². The maximum atomic E-state index is 11.3. The van der Waals surface area contributed by atoms with E-state index >= 15 is 0 Å². The van der Waals surface area contributed by atoms with Crippen LogP contribution in [0.1, 0.15) is 31.9 Å². The minimum Gasteiger partial charge on any atom is -0.394 e. The Bertz CT molecular complexity index is 851. The predicted octanol–water partition coefficient (Wildman–Crippen LogP) is 0.305. The average Bonchev–Trinajstić information content (AvgIpc) is 3.36. The third kappa shape index (κ3) is 3.12. The molecular weight excluding hydrogens is 358 g/mol. The first-order valence-electron chi connectivity index (χ1n) is 8.90. The molecule has 4 rings (SSSR count). The number of aromatic nitrogens is 3. The molecule has 3 heterocycles. The van der Waals surface area contributed by atoms with Gasteiger partial charge in [0.1, 0.15) is 24.6 Å². The fourth-order valence-electron chi connectivity index (χ4n) is 3.78. The molecule has 2 fully saturated rings. The highest BCUT2D eigenvalue weighted by atomic mass is 16.6. The number of hydrogen-bond donors (Lipinski definition) is 4. The van der Waals surface area contributed by atoms with E-state index in [-0.39, 0.29) is 17.5 Å². The van der Waals surface area contributed by atoms with E-state index in [0.717, 1.165) is 25.7 Å². The molecule has 0 radical (unpaired) electrons. The van der Waals surface area contributed by atoms with Gasteiger partial charge >= 0.3 is 5.82 Å². The Morgan fingerprint density at radius 2 is 2.07 bits per heavy atom. The molecule has 11 nitrogen and oxygen atoms in total. The third-order valence-electron chi connectivity index (χ3n) is 5.21. The van der Waals surface area contributed by atoms with Gasteiger partial charge in [0.25, 0.3) is 5.65 Å². The lowest BCUT2D eigenvalue weighted by atomic mass is 10.1. The Morgan fingerprint density at radius 1 is 1.33 bits per heavy atom. The lowest BCUT2D eigenvalue weighted by molar-refractivity contribution is -0.389. The summed E-state index contributed by atoms with van der Waals surface area (Å²) in [4.78, 5) is 19.1. The molecule has 146 valence electrons. The van der Waals surface area contributed by atoms with Crippen molar-refractivity contribution in [2.75, 3.05) is 11.9 Å². The number of fused-ring (bicyclic) bond motifs is 1. The maximum absolute atomic E-state index is 11.3. The molecule has 4 atom stereocenters. The summed E-state index contributed by atoms with van der Waals surface area (Å²) in [6.07, 6.45) is 0.893. The second kappa shape index (κ2) is 7.00. The Hall–Kier alpha value is -2.34. The van der Waals surface area contributed by atoms with Gasteiger partial charge in [-0.05, 0) is 22.7 Å². The van der Waals surface area contributed by atoms with Crippen LogP contribution >= 0.6 is 0 Å². The maximum Gasteiger partial charge on any atom is 0.368 e. The SMILES string of the molecule is O=[N+]([O-])c1cc(NC2CCCC2)c2ncn([C@@H]3O[C@H](CO)[C@@H](O)[C@H]3O)c2n1. The first-order valence-corrected chi connectivity index (χ1v) is 8.90. The van der Waals surface area contributed by atoms with Gasteiger partial charge in [-0.15, -0.1) is 0 Å². The van der Waals surface area contributed by atoms with E-state index in [4.69, 9.17) is 4.74 Å². The average molecular weight is 379 g/mol. The molecule has 4 N–H and O–H groups in total. The van der Waals surface area contributed by atoms with Crippen LogP contribution in [0, 0.1) is 10.1 Å². The van der Waals surface area contributed by atoms with Gasteiger partial charge in [-0.1, -0.05) is 12.8 Å². The van der Waals surface area contributed by atoms with Gasteiger partial charge in [0.15, 0.2) is 11.7 Å². The van der Waals surface area contributed by atoms with Crippen molar-refractivity contribution in [1.82, 2.24) is 14.5 Å². The predicted molar refractivity (Wildman–Crippen MR) is 93.1 cm³/mol. The fourth-order valence-corrected chi connectivity index (χ4v) is 3.78. The van der Waals surface area contributed by atoms with Gasteiger partial charge in [0, 0.05) is 6.04 Å². The van der Waals surface area contributed by atoms with E-state index in [0.29, 0.717) is 11.2 Å². The number of imidazole rings is 1. The van der Waals surface area contributed by atoms with Crippen LogP contribution in [0.5, 0.6) is 0 Å². The zero-order valence-electron chi connectivity index (χ0n) is 14.4. The number of nitrogens with one attached hydrogen (secondary N) is 1. The van der Waals surface area contributed by atoms with Gasteiger partial charge in [-0.25, -0.2) is 4.98 Å². The summed E-state index contributed by atoms with van der Waals surface area (Å²) < 4.78 is 6.86. The van der Waals surface area contributed by atoms with Crippen molar-refractivity contribution < 1.29 is 25.0 Å². The van der Waals surface area contributed by atoms with Crippen LogP contribution in [0.3, 0.4) is 0 Å². The number of aliphatic hydroxyl groups excluding tert-OH is 3. The second-order valence-electron chi connectivity index (χ2n) is 6.96. The third-order valence-corrected chi connectivity index (χ3v) is 5.21. The van der Waals surface area contributed by atoms with Gasteiger partial charge in [0.2, 0.25) is 0 Å². The van der Waals surface area contributed by atoms with E-state index in [2.05, 4.69) is 15.3 Å². The van der Waals surface area contributed by atoms with Crippen LogP contribution < -0.4 is 5.32 Å². The summed E-state index contributed by atoms with van der Waals surface area (Å²) in [7, 11) is 0. The molecule has 1 aliphatic carbocycles. The molecule has 11 heteroatoms. The Kier molecular flexibility index (Phi) is 4.68. The van der Waals surface area contributed by atoms with E-state index in [1.54, 1.807) is 0 Å². The van der Waals surface area contributed by atoms with Crippen LogP contribution in [0.4, 0.5) is 11.5 Å². The molecule has 1 aliphatic heterocycles. The van der Waals surface area contributed by atoms with Crippen LogP contribution in [-0.2, 0) is 4.74 Å². The van der Waals surface area contributed by atoms with Gasteiger partial charge in [-0.3, -0.25) is 4.57 Å². The lowest BCUT2D eigenvalue weighted by Crippen LogP contribution is -2.33. The number of nitrogens with zero attached hydrogens (tertiary/aromatic N) is 4. The number of hydrogen-bond acceptors (Lipinski definition) is 9. The summed E-state index contributed by atoms with van der Waals surface area (Å²) in [6.45, 7) is -0.469. The highest BCUT2D eigenvalue weighted by molar-refractivity contribution is 5.87. The molecule has 2 aromatic rings. The van der Waals surface area contributed by atoms with Gasteiger partial charge in [0.05, 0.1) is 18.4 Å². The smallest absolute Gasteiger partial charge is 0.368 e. The minimum atomic E-state index is -1.33. The minimum absolute atomic E-state index is 0.166. The number of aliphatic hydroxyl groups is 3. The Morgan fingerprint density at radius 3 is 2.70 bits per heavy atom. The molecule has 1 saturated carbocycles. The van der Waals surface area contributed by atoms with E-state index in [1.165, 1.54) is 17.0 Å². The molecule has 27 heavy (non-hydrogen) atoms. The highest BCUT2D eigenvalue weighted by Gasteiger charge is 2.44. The molecule has 0 unspecified atom stereocenters. The molecule has 0 bridgehead atoms. The first-order chi connectivity index (χ1) is 13.0. The second-order valence-corrected chi connectivity index (χ2v) is 6.96. The number of rotatable bonds is 5. The number of ether oxygens (including phenoxy) is 1. The number of nitro groups is 1. The molecule has 1 saturated heterocycles. The number of pyridine rings is 1. The molecular formula is C16H21N5O6. The van der Waals surface area contributed by atoms with Crippen LogP contribution in [-0.4, -0.2) is 65.7 Å². The van der Waals surface area contributed by atoms with Gasteiger partial charge in [-0.2, -0.15) is 0 Å². The summed E-state index contributed by atoms with van der Waals surface area (Å²) in [5, 5.41) is 44.1. The standard InChI is InChI=1S/C16H21N5O6/c22-6-10-13(23)14(24)16(27-10)20-7-17-12-9(18-8-3-1-2-4-8)5-11(21(25)26)19-15(12)20/h5,7-8,10,13-14,16,22-24H,1-4,6H2,(H,18,19)/t10-,13-,14-,16-/m1/s1. The Balaban J connectivity index is 1.76. The van der Waals surface area contributed by atoms with Crippen molar-refractivity contribution in [3.05, 3.63) is 22.5 Å². The largest absolute Gasteiger partial charge is 0.394 e. The van der Waals surface area contributed by atoms with Crippen LogP contribution in [0.2, 0.25) is 0 Å². The summed E-state index contributed by atoms with van der Waals surface area (Å²) in [6, 6.07) is 1.57. The fraction of sp³-hybridized carbons (Fsp3) is 0.625. The highest BCUT2D eigenvalue weighted by Crippen LogP contribution is 2.34. The zero-order valence-corrected chi connectivity index (χ0v) is 14.4. The number of anilines is 1. The summed E-state index contributed by atoms with van der Waals surface area (Å²) in [5.41, 5.74) is 1.09. The molecule has 2 aromatic heterocycles. The van der Waals surface area contributed by atoms with Gasteiger partial charge < -0.3 is 35.5 Å². The monoisotopic (exact) mass is 379 g/mol.